The molecule has 4 heteroatoms. The molecule has 21 heavy (non-hydrogen) atoms. The summed E-state index contributed by atoms with van der Waals surface area (Å²) in [7, 11) is 0. The summed E-state index contributed by atoms with van der Waals surface area (Å²) in [4.78, 5) is 4.69. The second kappa shape index (κ2) is 4.98. The predicted molar refractivity (Wildman–Crippen MR) is 86.6 cm³/mol. The summed E-state index contributed by atoms with van der Waals surface area (Å²) in [5.41, 5.74) is 3.11. The van der Waals surface area contributed by atoms with E-state index in [4.69, 9.17) is 0 Å². The molecule has 4 aromatic rings. The first-order valence-corrected chi connectivity index (χ1v) is 7.69. The van der Waals surface area contributed by atoms with Gasteiger partial charge in [-0.25, -0.2) is 4.98 Å². The Bertz CT molecular complexity index is 890. The van der Waals surface area contributed by atoms with Crippen LogP contribution in [-0.2, 0) is 13.2 Å². The Hall–Kier alpha value is -2.17. The SMILES string of the molecule is OCc1cccc2ccn(Cc3nc4ccccc4s3)c12. The van der Waals surface area contributed by atoms with Crippen molar-refractivity contribution >= 4 is 32.5 Å². The van der Waals surface area contributed by atoms with Gasteiger partial charge in [-0.15, -0.1) is 11.3 Å². The summed E-state index contributed by atoms with van der Waals surface area (Å²) >= 11 is 1.72. The smallest absolute Gasteiger partial charge is 0.114 e. The number of fused-ring (bicyclic) bond motifs is 2. The van der Waals surface area contributed by atoms with Gasteiger partial charge in [-0.2, -0.15) is 0 Å². The molecule has 2 heterocycles. The fourth-order valence-corrected chi connectivity index (χ4v) is 3.70. The van der Waals surface area contributed by atoms with Crippen LogP contribution in [0.15, 0.2) is 54.7 Å². The molecule has 0 aliphatic heterocycles. The maximum Gasteiger partial charge on any atom is 0.114 e. The van der Waals surface area contributed by atoms with Crippen molar-refractivity contribution < 1.29 is 5.11 Å². The van der Waals surface area contributed by atoms with Crippen LogP contribution in [0, 0.1) is 0 Å². The van der Waals surface area contributed by atoms with Gasteiger partial charge in [0.2, 0.25) is 0 Å². The Morgan fingerprint density at radius 1 is 1.05 bits per heavy atom. The number of benzene rings is 2. The van der Waals surface area contributed by atoms with Crippen LogP contribution in [0.4, 0.5) is 0 Å². The lowest BCUT2D eigenvalue weighted by atomic mass is 10.1. The van der Waals surface area contributed by atoms with Crippen LogP contribution >= 0.6 is 11.3 Å². The lowest BCUT2D eigenvalue weighted by Gasteiger charge is -2.06. The maximum atomic E-state index is 9.53. The van der Waals surface area contributed by atoms with E-state index in [1.165, 1.54) is 4.70 Å². The molecule has 0 fully saturated rings. The van der Waals surface area contributed by atoms with Gasteiger partial charge in [0.1, 0.15) is 5.01 Å². The zero-order valence-electron chi connectivity index (χ0n) is 11.4. The number of thiazole rings is 1. The molecule has 0 atom stereocenters. The largest absolute Gasteiger partial charge is 0.392 e. The summed E-state index contributed by atoms with van der Waals surface area (Å²) in [6, 6.07) is 16.3. The van der Waals surface area contributed by atoms with E-state index in [1.54, 1.807) is 11.3 Å². The second-order valence-electron chi connectivity index (χ2n) is 5.03. The van der Waals surface area contributed by atoms with Gasteiger partial charge in [0.05, 0.1) is 28.9 Å². The van der Waals surface area contributed by atoms with E-state index >= 15 is 0 Å². The van der Waals surface area contributed by atoms with E-state index in [0.29, 0.717) is 0 Å². The standard InChI is InChI=1S/C17H14N2OS/c20-11-13-5-3-4-12-8-9-19(17(12)13)10-16-18-14-6-1-2-7-15(14)21-16/h1-9,20H,10-11H2. The molecule has 2 aromatic heterocycles. The maximum absolute atomic E-state index is 9.53. The van der Waals surface area contributed by atoms with Gasteiger partial charge in [-0.1, -0.05) is 30.3 Å². The quantitative estimate of drug-likeness (QED) is 0.624. The van der Waals surface area contributed by atoms with E-state index in [0.717, 1.165) is 33.5 Å². The molecule has 0 unspecified atom stereocenters. The number of para-hydroxylation sites is 2. The van der Waals surface area contributed by atoms with Gasteiger partial charge < -0.3 is 9.67 Å². The van der Waals surface area contributed by atoms with Crippen molar-refractivity contribution in [3.63, 3.8) is 0 Å². The van der Waals surface area contributed by atoms with Crippen LogP contribution in [0.3, 0.4) is 0 Å². The molecule has 2 aromatic carbocycles. The number of aliphatic hydroxyl groups is 1. The fourth-order valence-electron chi connectivity index (χ4n) is 2.73. The Kier molecular flexibility index (Phi) is 2.98. The van der Waals surface area contributed by atoms with Crippen molar-refractivity contribution in [1.29, 1.82) is 0 Å². The topological polar surface area (TPSA) is 38.0 Å². The van der Waals surface area contributed by atoms with Crippen molar-refractivity contribution in [3.05, 3.63) is 65.3 Å². The van der Waals surface area contributed by atoms with Gasteiger partial charge in [0.15, 0.2) is 0 Å². The lowest BCUT2D eigenvalue weighted by molar-refractivity contribution is 0.283. The molecule has 0 saturated heterocycles. The highest BCUT2D eigenvalue weighted by molar-refractivity contribution is 7.18. The molecule has 0 amide bonds. The first kappa shape index (κ1) is 12.6. The van der Waals surface area contributed by atoms with E-state index < -0.39 is 0 Å². The summed E-state index contributed by atoms with van der Waals surface area (Å²) in [6.07, 6.45) is 2.07. The molecular weight excluding hydrogens is 280 g/mol. The Balaban J connectivity index is 1.80. The average Bonchev–Trinajstić information content (AvgIpc) is 3.11. The first-order valence-electron chi connectivity index (χ1n) is 6.87. The molecule has 3 nitrogen and oxygen atoms in total. The van der Waals surface area contributed by atoms with Crippen LogP contribution < -0.4 is 0 Å². The summed E-state index contributed by atoms with van der Waals surface area (Å²) in [6.45, 7) is 0.793. The van der Waals surface area contributed by atoms with Gasteiger partial charge in [0, 0.05) is 11.8 Å². The first-order chi connectivity index (χ1) is 10.3. The van der Waals surface area contributed by atoms with E-state index in [1.807, 2.05) is 30.3 Å². The van der Waals surface area contributed by atoms with E-state index in [2.05, 4.69) is 33.9 Å². The average molecular weight is 294 g/mol. The Morgan fingerprint density at radius 2 is 1.95 bits per heavy atom. The number of aliphatic hydroxyl groups excluding tert-OH is 1. The highest BCUT2D eigenvalue weighted by Crippen LogP contribution is 2.25. The zero-order valence-corrected chi connectivity index (χ0v) is 12.2. The molecular formula is C17H14N2OS. The van der Waals surface area contributed by atoms with Crippen LogP contribution in [0.1, 0.15) is 10.6 Å². The third-order valence-electron chi connectivity index (χ3n) is 3.69. The molecule has 104 valence electrons. The van der Waals surface area contributed by atoms with Gasteiger partial charge >= 0.3 is 0 Å². The van der Waals surface area contributed by atoms with Gasteiger partial charge in [-0.05, 0) is 23.6 Å². The molecule has 1 N–H and O–H groups in total. The normalized spacial score (nSPS) is 11.5. The highest BCUT2D eigenvalue weighted by Gasteiger charge is 2.09. The second-order valence-corrected chi connectivity index (χ2v) is 6.15. The molecule has 4 rings (SSSR count). The third kappa shape index (κ3) is 2.13. The van der Waals surface area contributed by atoms with Crippen molar-refractivity contribution in [2.75, 3.05) is 0 Å². The Morgan fingerprint density at radius 3 is 2.81 bits per heavy atom. The number of hydrogen-bond acceptors (Lipinski definition) is 3. The number of rotatable bonds is 3. The summed E-state index contributed by atoms with van der Waals surface area (Å²) in [5.74, 6) is 0. The molecule has 0 saturated carbocycles. The lowest BCUT2D eigenvalue weighted by Crippen LogP contribution is -1.99. The molecule has 0 aliphatic rings. The number of nitrogens with zero attached hydrogens (tertiary/aromatic N) is 2. The number of aromatic nitrogens is 2. The van der Waals surface area contributed by atoms with E-state index in [9.17, 15) is 5.11 Å². The highest BCUT2D eigenvalue weighted by atomic mass is 32.1. The van der Waals surface area contributed by atoms with Crippen LogP contribution in [0.25, 0.3) is 21.1 Å². The van der Waals surface area contributed by atoms with Crippen molar-refractivity contribution in [2.45, 2.75) is 13.2 Å². The minimum atomic E-state index is 0.0567. The molecule has 0 spiro atoms. The van der Waals surface area contributed by atoms with Gasteiger partial charge in [0.25, 0.3) is 0 Å². The summed E-state index contributed by atoms with van der Waals surface area (Å²) in [5, 5.41) is 11.8. The minimum Gasteiger partial charge on any atom is -0.392 e. The van der Waals surface area contributed by atoms with Crippen LogP contribution in [-0.4, -0.2) is 14.7 Å². The van der Waals surface area contributed by atoms with Crippen molar-refractivity contribution in [2.24, 2.45) is 0 Å². The van der Waals surface area contributed by atoms with Crippen LogP contribution in [0.5, 0.6) is 0 Å². The molecule has 0 radical (unpaired) electrons. The number of hydrogen-bond donors (Lipinski definition) is 1. The third-order valence-corrected chi connectivity index (χ3v) is 4.71. The fraction of sp³-hybridized carbons (Fsp3) is 0.118. The summed E-state index contributed by atoms with van der Waals surface area (Å²) < 4.78 is 3.38. The zero-order chi connectivity index (χ0) is 14.2. The minimum absolute atomic E-state index is 0.0567. The van der Waals surface area contributed by atoms with E-state index in [-0.39, 0.29) is 6.61 Å². The van der Waals surface area contributed by atoms with Gasteiger partial charge in [-0.3, -0.25) is 0 Å². The molecule has 0 bridgehead atoms. The molecule has 0 aliphatic carbocycles. The Labute approximate surface area is 126 Å². The van der Waals surface area contributed by atoms with Crippen molar-refractivity contribution in [3.8, 4) is 0 Å². The monoisotopic (exact) mass is 294 g/mol. The van der Waals surface area contributed by atoms with Crippen molar-refractivity contribution in [1.82, 2.24) is 9.55 Å². The predicted octanol–water partition coefficient (Wildman–Crippen LogP) is 3.79. The van der Waals surface area contributed by atoms with Crippen LogP contribution in [0.2, 0.25) is 0 Å².